The number of amides is 1. The van der Waals surface area contributed by atoms with Crippen molar-refractivity contribution < 1.29 is 9.59 Å². The van der Waals surface area contributed by atoms with Gasteiger partial charge in [0.25, 0.3) is 0 Å². The first-order valence-corrected chi connectivity index (χ1v) is 6.76. The molecule has 0 radical (unpaired) electrons. The molecule has 0 fully saturated rings. The van der Waals surface area contributed by atoms with E-state index in [4.69, 9.17) is 0 Å². The van der Waals surface area contributed by atoms with Gasteiger partial charge in [0.2, 0.25) is 5.91 Å². The Bertz CT molecular complexity index is 798. The van der Waals surface area contributed by atoms with Crippen LogP contribution in [0.15, 0.2) is 36.4 Å². The van der Waals surface area contributed by atoms with Crippen LogP contribution in [0.2, 0.25) is 0 Å². The molecule has 5 nitrogen and oxygen atoms in total. The van der Waals surface area contributed by atoms with Gasteiger partial charge < -0.3 is 10.7 Å². The maximum Gasteiger partial charge on any atom is 0.221 e. The molecule has 4 rings (SSSR count). The lowest BCUT2D eigenvalue weighted by Gasteiger charge is -2.24. The first-order chi connectivity index (χ1) is 10.2. The minimum absolute atomic E-state index is 0.0482. The topological polar surface area (TPSA) is 70.2 Å². The highest BCUT2D eigenvalue weighted by atomic mass is 16.1. The molecular formula is C16H13N3O2. The van der Waals surface area contributed by atoms with Gasteiger partial charge in [0.05, 0.1) is 23.0 Å². The van der Waals surface area contributed by atoms with E-state index in [2.05, 4.69) is 16.2 Å². The Morgan fingerprint density at radius 1 is 1.19 bits per heavy atom. The molecule has 1 atom stereocenters. The summed E-state index contributed by atoms with van der Waals surface area (Å²) >= 11 is 0. The van der Waals surface area contributed by atoms with Crippen LogP contribution in [-0.4, -0.2) is 11.7 Å². The monoisotopic (exact) mass is 279 g/mol. The Labute approximate surface area is 121 Å². The van der Waals surface area contributed by atoms with Crippen LogP contribution >= 0.6 is 0 Å². The van der Waals surface area contributed by atoms with Crippen molar-refractivity contribution in [3.8, 4) is 0 Å². The second-order valence-electron chi connectivity index (χ2n) is 5.25. The van der Waals surface area contributed by atoms with Gasteiger partial charge in [0.1, 0.15) is 0 Å². The zero-order chi connectivity index (χ0) is 14.6. The Balaban J connectivity index is 2.00. The molecule has 104 valence electrons. The number of hydrogen-bond acceptors (Lipinski definition) is 4. The predicted octanol–water partition coefficient (Wildman–Crippen LogP) is 2.21. The number of hydrazine groups is 1. The second-order valence-corrected chi connectivity index (χ2v) is 5.25. The Morgan fingerprint density at radius 3 is 2.81 bits per heavy atom. The van der Waals surface area contributed by atoms with Crippen molar-refractivity contribution in [1.29, 1.82) is 0 Å². The molecule has 1 heterocycles. The van der Waals surface area contributed by atoms with E-state index in [-0.39, 0.29) is 17.7 Å². The van der Waals surface area contributed by atoms with E-state index in [1.807, 2.05) is 30.3 Å². The maximum atomic E-state index is 12.8. The molecule has 0 spiro atoms. The quantitative estimate of drug-likeness (QED) is 0.748. The van der Waals surface area contributed by atoms with Gasteiger partial charge in [-0.1, -0.05) is 24.3 Å². The number of carbonyl (C=O) groups is 2. The van der Waals surface area contributed by atoms with Crippen molar-refractivity contribution >= 4 is 23.1 Å². The zero-order valence-electron chi connectivity index (χ0n) is 11.4. The van der Waals surface area contributed by atoms with Crippen LogP contribution in [0.3, 0.4) is 0 Å². The maximum absolute atomic E-state index is 12.8. The molecule has 1 amide bonds. The summed E-state index contributed by atoms with van der Waals surface area (Å²) in [6.45, 7) is 1.44. The third kappa shape index (κ3) is 1.61. The molecule has 0 saturated carbocycles. The highest BCUT2D eigenvalue weighted by Gasteiger charge is 2.37. The Hall–Kier alpha value is -2.66. The summed E-state index contributed by atoms with van der Waals surface area (Å²) in [6, 6.07) is 11.1. The molecule has 0 bridgehead atoms. The summed E-state index contributed by atoms with van der Waals surface area (Å²) in [5.41, 5.74) is 10.9. The van der Waals surface area contributed by atoms with Crippen LogP contribution in [0, 0.1) is 0 Å². The minimum atomic E-state index is -0.187. The SMILES string of the molecule is CC(=O)Nc1ccc2c3c1C(=O)c1ccccc1C3NN2. The van der Waals surface area contributed by atoms with Gasteiger partial charge >= 0.3 is 0 Å². The van der Waals surface area contributed by atoms with E-state index in [1.165, 1.54) is 6.92 Å². The van der Waals surface area contributed by atoms with Crippen molar-refractivity contribution in [3.63, 3.8) is 0 Å². The van der Waals surface area contributed by atoms with Crippen molar-refractivity contribution in [2.24, 2.45) is 0 Å². The van der Waals surface area contributed by atoms with Gasteiger partial charge in [-0.25, -0.2) is 5.43 Å². The van der Waals surface area contributed by atoms with E-state index in [0.717, 1.165) is 16.8 Å². The fourth-order valence-corrected chi connectivity index (χ4v) is 3.11. The molecule has 2 aromatic rings. The largest absolute Gasteiger partial charge is 0.326 e. The standard InChI is InChI=1S/C16H13N3O2/c1-8(20)17-11-6-7-12-13-14(11)16(21)10-5-3-2-4-9(10)15(13)19-18-12/h2-7,15,18-19H,1H3,(H,17,20). The van der Waals surface area contributed by atoms with Crippen LogP contribution in [0.25, 0.3) is 0 Å². The first kappa shape index (κ1) is 12.1. The van der Waals surface area contributed by atoms with Crippen LogP contribution in [0.4, 0.5) is 11.4 Å². The van der Waals surface area contributed by atoms with Crippen molar-refractivity contribution in [3.05, 3.63) is 58.7 Å². The number of rotatable bonds is 1. The van der Waals surface area contributed by atoms with Gasteiger partial charge in [0, 0.05) is 18.1 Å². The zero-order valence-corrected chi connectivity index (χ0v) is 11.4. The van der Waals surface area contributed by atoms with Crippen molar-refractivity contribution in [1.82, 2.24) is 5.43 Å². The van der Waals surface area contributed by atoms with Crippen LogP contribution in [-0.2, 0) is 4.79 Å². The third-order valence-corrected chi connectivity index (χ3v) is 3.94. The fraction of sp³-hybridized carbons (Fsp3) is 0.125. The van der Waals surface area contributed by atoms with Crippen molar-refractivity contribution in [2.45, 2.75) is 13.0 Å². The highest BCUT2D eigenvalue weighted by Crippen LogP contribution is 2.44. The lowest BCUT2D eigenvalue weighted by Crippen LogP contribution is -2.26. The molecule has 5 heteroatoms. The van der Waals surface area contributed by atoms with E-state index in [1.54, 1.807) is 6.07 Å². The van der Waals surface area contributed by atoms with Gasteiger partial charge in [-0.3, -0.25) is 9.59 Å². The average molecular weight is 279 g/mol. The summed E-state index contributed by atoms with van der Waals surface area (Å²) in [5.74, 6) is -0.235. The number of benzene rings is 2. The lowest BCUT2D eigenvalue weighted by atomic mass is 9.81. The number of nitrogens with one attached hydrogen (secondary N) is 3. The van der Waals surface area contributed by atoms with Crippen LogP contribution in [0.1, 0.15) is 40.0 Å². The molecule has 0 aromatic heterocycles. The van der Waals surface area contributed by atoms with Crippen molar-refractivity contribution in [2.75, 3.05) is 10.7 Å². The van der Waals surface area contributed by atoms with Crippen LogP contribution in [0.5, 0.6) is 0 Å². The number of carbonyl (C=O) groups excluding carboxylic acids is 2. The Morgan fingerprint density at radius 2 is 2.00 bits per heavy atom. The normalized spacial score (nSPS) is 17.8. The van der Waals surface area contributed by atoms with E-state index >= 15 is 0 Å². The molecule has 0 saturated heterocycles. The summed E-state index contributed by atoms with van der Waals surface area (Å²) in [5, 5.41) is 2.75. The third-order valence-electron chi connectivity index (χ3n) is 3.94. The van der Waals surface area contributed by atoms with Gasteiger partial charge in [-0.15, -0.1) is 0 Å². The molecule has 1 unspecified atom stereocenters. The second kappa shape index (κ2) is 4.17. The smallest absolute Gasteiger partial charge is 0.221 e. The summed E-state index contributed by atoms with van der Waals surface area (Å²) in [6.07, 6.45) is 0. The molecule has 2 aromatic carbocycles. The Kier molecular flexibility index (Phi) is 2.40. The number of hydrogen-bond donors (Lipinski definition) is 3. The van der Waals surface area contributed by atoms with Gasteiger partial charge in [-0.05, 0) is 17.7 Å². The fourth-order valence-electron chi connectivity index (χ4n) is 3.11. The summed E-state index contributed by atoms with van der Waals surface area (Å²) in [7, 11) is 0. The average Bonchev–Trinajstić information content (AvgIpc) is 2.89. The number of anilines is 2. The molecule has 21 heavy (non-hydrogen) atoms. The van der Waals surface area contributed by atoms with E-state index < -0.39 is 0 Å². The summed E-state index contributed by atoms with van der Waals surface area (Å²) in [4.78, 5) is 24.2. The predicted molar refractivity (Wildman–Crippen MR) is 79.2 cm³/mol. The summed E-state index contributed by atoms with van der Waals surface area (Å²) < 4.78 is 0. The van der Waals surface area contributed by atoms with Gasteiger partial charge in [-0.2, -0.15) is 0 Å². The molecule has 1 aliphatic heterocycles. The molecule has 1 aliphatic carbocycles. The molecule has 2 aliphatic rings. The lowest BCUT2D eigenvalue weighted by molar-refractivity contribution is -0.114. The number of fused-ring (bicyclic) bond motifs is 2. The molecular weight excluding hydrogens is 266 g/mol. The van der Waals surface area contributed by atoms with E-state index in [9.17, 15) is 9.59 Å². The first-order valence-electron chi connectivity index (χ1n) is 6.76. The highest BCUT2D eigenvalue weighted by molar-refractivity contribution is 6.18. The van der Waals surface area contributed by atoms with Crippen LogP contribution < -0.4 is 16.2 Å². The van der Waals surface area contributed by atoms with E-state index in [0.29, 0.717) is 16.8 Å². The minimum Gasteiger partial charge on any atom is -0.326 e. The molecule has 3 N–H and O–H groups in total. The number of ketones is 1. The van der Waals surface area contributed by atoms with Gasteiger partial charge in [0.15, 0.2) is 5.78 Å².